The molecule has 1 aliphatic rings. The van der Waals surface area contributed by atoms with Crippen molar-refractivity contribution in [3.63, 3.8) is 0 Å². The monoisotopic (exact) mass is 402 g/mol. The maximum Gasteiger partial charge on any atom is 0.318 e. The average molecular weight is 403 g/mol. The first-order valence-corrected chi connectivity index (χ1v) is 10.6. The first-order valence-electron chi connectivity index (χ1n) is 10.6. The topological polar surface area (TPSA) is 61.0 Å². The van der Waals surface area contributed by atoms with Crippen LogP contribution in [0.4, 0.5) is 4.79 Å². The number of nitrogens with zero attached hydrogens (tertiary/aromatic N) is 2. The Hall–Kier alpha value is -3.08. The molecule has 0 radical (unpaired) electrons. The molecule has 3 aromatic rings. The highest BCUT2D eigenvalue weighted by molar-refractivity contribution is 5.79. The summed E-state index contributed by atoms with van der Waals surface area (Å²) in [5.41, 5.74) is 6.14. The van der Waals surface area contributed by atoms with Crippen LogP contribution in [0.15, 0.2) is 55.4 Å². The highest BCUT2D eigenvalue weighted by Gasteiger charge is 2.29. The number of fused-ring (bicyclic) bond motifs is 1. The van der Waals surface area contributed by atoms with E-state index in [4.69, 9.17) is 0 Å². The first kappa shape index (κ1) is 20.2. The SMILES string of the molecule is C=C(C)c1cccc(C(C)(C)NC(=O)N2CCC(c3c[nH]c4cccnc34)CC2)c1. The van der Waals surface area contributed by atoms with E-state index in [0.29, 0.717) is 5.92 Å². The Balaban J connectivity index is 1.40. The third-order valence-electron chi connectivity index (χ3n) is 6.18. The van der Waals surface area contributed by atoms with Gasteiger partial charge in [-0.1, -0.05) is 30.4 Å². The Bertz CT molecular complexity index is 1070. The quantitative estimate of drug-likeness (QED) is 0.612. The van der Waals surface area contributed by atoms with Crippen LogP contribution in [0.2, 0.25) is 0 Å². The van der Waals surface area contributed by atoms with Gasteiger partial charge in [0.2, 0.25) is 0 Å². The molecule has 1 aromatic carbocycles. The summed E-state index contributed by atoms with van der Waals surface area (Å²) in [7, 11) is 0. The minimum absolute atomic E-state index is 0.00349. The molecule has 2 N–H and O–H groups in total. The van der Waals surface area contributed by atoms with Gasteiger partial charge in [0.1, 0.15) is 0 Å². The lowest BCUT2D eigenvalue weighted by Crippen LogP contribution is -2.50. The number of aromatic nitrogens is 2. The van der Waals surface area contributed by atoms with Crippen LogP contribution in [-0.4, -0.2) is 34.0 Å². The summed E-state index contributed by atoms with van der Waals surface area (Å²) >= 11 is 0. The lowest BCUT2D eigenvalue weighted by atomic mass is 9.90. The van der Waals surface area contributed by atoms with E-state index in [2.05, 4.69) is 46.3 Å². The predicted octanol–water partition coefficient (Wildman–Crippen LogP) is 5.42. The van der Waals surface area contributed by atoms with Crippen molar-refractivity contribution in [1.29, 1.82) is 0 Å². The number of allylic oxidation sites excluding steroid dienone is 1. The molecular weight excluding hydrogens is 372 g/mol. The van der Waals surface area contributed by atoms with Crippen molar-refractivity contribution >= 4 is 22.6 Å². The van der Waals surface area contributed by atoms with Crippen LogP contribution in [0.25, 0.3) is 16.6 Å². The zero-order valence-corrected chi connectivity index (χ0v) is 18.0. The van der Waals surface area contributed by atoms with E-state index < -0.39 is 5.54 Å². The molecule has 0 spiro atoms. The van der Waals surface area contributed by atoms with Crippen molar-refractivity contribution in [2.45, 2.75) is 45.1 Å². The van der Waals surface area contributed by atoms with E-state index in [0.717, 1.165) is 53.7 Å². The Morgan fingerprint density at radius 1 is 1.23 bits per heavy atom. The van der Waals surface area contributed by atoms with Crippen LogP contribution in [0.1, 0.15) is 56.2 Å². The molecule has 0 saturated carbocycles. The van der Waals surface area contributed by atoms with E-state index in [1.807, 2.05) is 50.1 Å². The molecule has 4 rings (SSSR count). The Morgan fingerprint density at radius 2 is 2.00 bits per heavy atom. The summed E-state index contributed by atoms with van der Waals surface area (Å²) in [5, 5.41) is 3.23. The van der Waals surface area contributed by atoms with Gasteiger partial charge in [-0.05, 0) is 74.4 Å². The number of rotatable bonds is 4. The number of hydrogen-bond acceptors (Lipinski definition) is 2. The van der Waals surface area contributed by atoms with Crippen molar-refractivity contribution < 1.29 is 4.79 Å². The maximum absolute atomic E-state index is 13.0. The second-order valence-electron chi connectivity index (χ2n) is 8.82. The van der Waals surface area contributed by atoms with Crippen molar-refractivity contribution in [2.24, 2.45) is 0 Å². The number of urea groups is 1. The van der Waals surface area contributed by atoms with Crippen molar-refractivity contribution in [2.75, 3.05) is 13.1 Å². The second kappa shape index (κ2) is 7.98. The number of aromatic amines is 1. The molecule has 0 bridgehead atoms. The minimum Gasteiger partial charge on any atom is -0.360 e. The van der Waals surface area contributed by atoms with Gasteiger partial charge >= 0.3 is 6.03 Å². The van der Waals surface area contributed by atoms with E-state index in [1.54, 1.807) is 0 Å². The lowest BCUT2D eigenvalue weighted by molar-refractivity contribution is 0.171. The zero-order valence-electron chi connectivity index (χ0n) is 18.0. The van der Waals surface area contributed by atoms with Crippen molar-refractivity contribution in [1.82, 2.24) is 20.2 Å². The summed E-state index contributed by atoms with van der Waals surface area (Å²) < 4.78 is 0. The van der Waals surface area contributed by atoms with Gasteiger partial charge in [-0.3, -0.25) is 4.98 Å². The fraction of sp³-hybridized carbons (Fsp3) is 0.360. The van der Waals surface area contributed by atoms with Gasteiger partial charge in [-0.15, -0.1) is 0 Å². The number of hydrogen-bond donors (Lipinski definition) is 2. The van der Waals surface area contributed by atoms with Gasteiger partial charge in [0, 0.05) is 25.5 Å². The Morgan fingerprint density at radius 3 is 2.73 bits per heavy atom. The molecule has 0 atom stereocenters. The zero-order chi connectivity index (χ0) is 21.3. The van der Waals surface area contributed by atoms with E-state index in [-0.39, 0.29) is 6.03 Å². The molecule has 5 nitrogen and oxygen atoms in total. The van der Waals surface area contributed by atoms with Crippen molar-refractivity contribution in [3.05, 3.63) is 72.1 Å². The van der Waals surface area contributed by atoms with E-state index in [9.17, 15) is 4.79 Å². The fourth-order valence-electron chi connectivity index (χ4n) is 4.27. The second-order valence-corrected chi connectivity index (χ2v) is 8.82. The Kier molecular flexibility index (Phi) is 5.37. The molecule has 1 saturated heterocycles. The van der Waals surface area contributed by atoms with E-state index in [1.165, 1.54) is 5.56 Å². The Labute approximate surface area is 178 Å². The molecule has 0 aliphatic carbocycles. The van der Waals surface area contributed by atoms with Crippen LogP contribution >= 0.6 is 0 Å². The standard InChI is InChI=1S/C25H30N4O/c1-17(2)19-7-5-8-20(15-19)25(3,4)28-24(30)29-13-10-18(11-14-29)21-16-27-22-9-6-12-26-23(21)22/h5-9,12,15-16,18,27H,1,10-11,13-14H2,2-4H3,(H,28,30). The number of piperidine rings is 1. The minimum atomic E-state index is -0.458. The number of carbonyl (C=O) groups excluding carboxylic acids is 1. The summed E-state index contributed by atoms with van der Waals surface area (Å²) in [6.45, 7) is 11.6. The summed E-state index contributed by atoms with van der Waals surface area (Å²) in [5.74, 6) is 0.429. The average Bonchev–Trinajstić information content (AvgIpc) is 3.18. The van der Waals surface area contributed by atoms with Gasteiger partial charge in [-0.2, -0.15) is 0 Å². The number of likely N-dealkylation sites (tertiary alicyclic amines) is 1. The molecule has 5 heteroatoms. The predicted molar refractivity (Wildman–Crippen MR) is 122 cm³/mol. The molecule has 2 amide bonds. The largest absolute Gasteiger partial charge is 0.360 e. The van der Waals surface area contributed by atoms with Crippen LogP contribution in [0, 0.1) is 0 Å². The molecule has 1 aliphatic heterocycles. The third kappa shape index (κ3) is 3.97. The van der Waals surface area contributed by atoms with Crippen LogP contribution in [0.3, 0.4) is 0 Å². The van der Waals surface area contributed by atoms with Gasteiger partial charge in [0.15, 0.2) is 0 Å². The number of nitrogens with one attached hydrogen (secondary N) is 2. The van der Waals surface area contributed by atoms with Gasteiger partial charge in [-0.25, -0.2) is 4.79 Å². The molecule has 2 aromatic heterocycles. The van der Waals surface area contributed by atoms with Crippen LogP contribution < -0.4 is 5.32 Å². The molecule has 156 valence electrons. The molecule has 1 fully saturated rings. The highest BCUT2D eigenvalue weighted by Crippen LogP contribution is 2.32. The summed E-state index contributed by atoms with van der Waals surface area (Å²) in [6, 6.07) is 12.2. The summed E-state index contributed by atoms with van der Waals surface area (Å²) in [6.07, 6.45) is 5.81. The van der Waals surface area contributed by atoms with Crippen LogP contribution in [0.5, 0.6) is 0 Å². The molecule has 30 heavy (non-hydrogen) atoms. The molecule has 0 unspecified atom stereocenters. The fourth-order valence-corrected chi connectivity index (χ4v) is 4.27. The first-order chi connectivity index (χ1) is 14.3. The molecule has 3 heterocycles. The lowest BCUT2D eigenvalue weighted by Gasteiger charge is -2.35. The summed E-state index contributed by atoms with van der Waals surface area (Å²) in [4.78, 5) is 22.8. The number of amides is 2. The third-order valence-corrected chi connectivity index (χ3v) is 6.18. The number of benzene rings is 1. The van der Waals surface area contributed by atoms with Gasteiger partial charge in [0.05, 0.1) is 16.6 Å². The number of pyridine rings is 1. The highest BCUT2D eigenvalue weighted by atomic mass is 16.2. The van der Waals surface area contributed by atoms with Gasteiger partial charge < -0.3 is 15.2 Å². The molecular formula is C25H30N4O. The van der Waals surface area contributed by atoms with Gasteiger partial charge in [0.25, 0.3) is 0 Å². The smallest absolute Gasteiger partial charge is 0.318 e. The number of H-pyrrole nitrogens is 1. The number of carbonyl (C=O) groups is 1. The normalized spacial score (nSPS) is 15.4. The van der Waals surface area contributed by atoms with Crippen molar-refractivity contribution in [3.8, 4) is 0 Å². The van der Waals surface area contributed by atoms with E-state index >= 15 is 0 Å². The van der Waals surface area contributed by atoms with Crippen LogP contribution in [-0.2, 0) is 5.54 Å². The maximum atomic E-state index is 13.0.